The Morgan fingerprint density at radius 1 is 0.902 bits per heavy atom. The maximum atomic E-state index is 14.5. The highest BCUT2D eigenvalue weighted by molar-refractivity contribution is 8.93. The summed E-state index contributed by atoms with van der Waals surface area (Å²) in [5.41, 5.74) is 4.46. The van der Waals surface area contributed by atoms with E-state index in [9.17, 15) is 17.2 Å². The Kier molecular flexibility index (Phi) is 10.8. The van der Waals surface area contributed by atoms with Crippen molar-refractivity contribution in [2.24, 2.45) is 10.1 Å². The topological polar surface area (TPSA) is 114 Å². The molecule has 0 bridgehead atoms. The molecular weight excluding hydrogens is 738 g/mol. The summed E-state index contributed by atoms with van der Waals surface area (Å²) >= 11 is 0. The fraction of sp³-hybridized carbons (Fsp3) is 0.158. The summed E-state index contributed by atoms with van der Waals surface area (Å²) in [6, 6.07) is 33.1. The molecule has 51 heavy (non-hydrogen) atoms. The normalized spacial score (nSPS) is 14.8. The molecule has 4 aromatic carbocycles. The molecule has 3 heterocycles. The van der Waals surface area contributed by atoms with Gasteiger partial charge in [0.25, 0.3) is 0 Å². The SMILES string of the molecule is Br.NS(=O)(=O)c1ccc(CN=C(NCc2c(-c3ccc(F)cc3)nc3ccc(F)cn23)N2CCC(c3cccc(Oc4ccccc4)c3)C2)cc1. The van der Waals surface area contributed by atoms with Gasteiger partial charge in [0.1, 0.15) is 28.8 Å². The van der Waals surface area contributed by atoms with Crippen LogP contribution in [0.25, 0.3) is 16.9 Å². The van der Waals surface area contributed by atoms with Crippen molar-refractivity contribution in [3.8, 4) is 22.8 Å². The molecule has 0 amide bonds. The number of aliphatic imine (C=N–C) groups is 1. The van der Waals surface area contributed by atoms with Crippen LogP contribution < -0.4 is 15.2 Å². The molecular formula is C38H35BrF2N6O3S. The van der Waals surface area contributed by atoms with Crippen LogP contribution in [0.2, 0.25) is 0 Å². The van der Waals surface area contributed by atoms with E-state index in [1.807, 2.05) is 42.5 Å². The molecule has 0 aliphatic carbocycles. The monoisotopic (exact) mass is 772 g/mol. The number of sulfonamides is 1. The largest absolute Gasteiger partial charge is 0.457 e. The molecule has 2 aromatic heterocycles. The van der Waals surface area contributed by atoms with Crippen molar-refractivity contribution in [1.29, 1.82) is 0 Å². The van der Waals surface area contributed by atoms with Crippen molar-refractivity contribution < 1.29 is 21.9 Å². The first-order valence-corrected chi connectivity index (χ1v) is 17.6. The maximum absolute atomic E-state index is 14.5. The van der Waals surface area contributed by atoms with Crippen LogP contribution in [0.4, 0.5) is 8.78 Å². The van der Waals surface area contributed by atoms with Gasteiger partial charge >= 0.3 is 0 Å². The zero-order chi connectivity index (χ0) is 34.7. The van der Waals surface area contributed by atoms with Crippen LogP contribution in [0.3, 0.4) is 0 Å². The van der Waals surface area contributed by atoms with E-state index in [2.05, 4.69) is 22.3 Å². The average Bonchev–Trinajstić information content (AvgIpc) is 3.75. The summed E-state index contributed by atoms with van der Waals surface area (Å²) in [6.45, 7) is 1.90. The summed E-state index contributed by atoms with van der Waals surface area (Å²) < 4.78 is 59.6. The number of nitrogens with zero attached hydrogens (tertiary/aromatic N) is 4. The maximum Gasteiger partial charge on any atom is 0.238 e. The van der Waals surface area contributed by atoms with Gasteiger partial charge in [-0.3, -0.25) is 4.40 Å². The van der Waals surface area contributed by atoms with Crippen LogP contribution in [0, 0.1) is 11.6 Å². The van der Waals surface area contributed by atoms with E-state index >= 15 is 0 Å². The molecule has 7 rings (SSSR count). The number of nitrogens with two attached hydrogens (primary N) is 1. The van der Waals surface area contributed by atoms with E-state index in [1.165, 1.54) is 36.5 Å². The van der Waals surface area contributed by atoms with Gasteiger partial charge in [0.2, 0.25) is 10.0 Å². The molecule has 0 spiro atoms. The minimum atomic E-state index is -3.82. The number of para-hydroxylation sites is 1. The van der Waals surface area contributed by atoms with Crippen molar-refractivity contribution in [2.45, 2.75) is 30.3 Å². The van der Waals surface area contributed by atoms with Crippen LogP contribution in [-0.2, 0) is 23.1 Å². The van der Waals surface area contributed by atoms with Crippen LogP contribution in [0.5, 0.6) is 11.5 Å². The summed E-state index contributed by atoms with van der Waals surface area (Å²) in [7, 11) is -3.82. The number of fused-ring (bicyclic) bond motifs is 1. The third-order valence-corrected chi connectivity index (χ3v) is 9.60. The van der Waals surface area contributed by atoms with E-state index < -0.39 is 15.8 Å². The third kappa shape index (κ3) is 8.44. The molecule has 1 atom stereocenters. The molecule has 9 nitrogen and oxygen atoms in total. The number of primary sulfonamides is 1. The van der Waals surface area contributed by atoms with Crippen molar-refractivity contribution in [2.75, 3.05) is 13.1 Å². The van der Waals surface area contributed by atoms with E-state index in [1.54, 1.807) is 34.7 Å². The molecule has 1 aliphatic rings. The second kappa shape index (κ2) is 15.4. The molecule has 1 unspecified atom stereocenters. The van der Waals surface area contributed by atoms with Crippen molar-refractivity contribution in [3.05, 3.63) is 150 Å². The molecule has 6 aromatic rings. The number of rotatable bonds is 9. The van der Waals surface area contributed by atoms with Crippen LogP contribution in [0.15, 0.2) is 131 Å². The summed E-state index contributed by atoms with van der Waals surface area (Å²) in [4.78, 5) is 11.9. The number of hydrogen-bond acceptors (Lipinski definition) is 5. The molecule has 0 radical (unpaired) electrons. The van der Waals surface area contributed by atoms with E-state index in [0.717, 1.165) is 35.6 Å². The molecule has 262 valence electrons. The van der Waals surface area contributed by atoms with Crippen LogP contribution >= 0.6 is 17.0 Å². The second-order valence-corrected chi connectivity index (χ2v) is 13.7. The van der Waals surface area contributed by atoms with Gasteiger partial charge in [-0.15, -0.1) is 17.0 Å². The Labute approximate surface area is 305 Å². The number of hydrogen-bond donors (Lipinski definition) is 2. The third-order valence-electron chi connectivity index (χ3n) is 8.67. The lowest BCUT2D eigenvalue weighted by Gasteiger charge is -2.23. The minimum Gasteiger partial charge on any atom is -0.457 e. The lowest BCUT2D eigenvalue weighted by molar-refractivity contribution is 0.476. The van der Waals surface area contributed by atoms with Gasteiger partial charge < -0.3 is 15.0 Å². The van der Waals surface area contributed by atoms with Gasteiger partial charge in [-0.25, -0.2) is 32.3 Å². The number of likely N-dealkylation sites (tertiary alicyclic amines) is 1. The molecule has 3 N–H and O–H groups in total. The number of benzene rings is 4. The van der Waals surface area contributed by atoms with Crippen molar-refractivity contribution >= 4 is 38.6 Å². The lowest BCUT2D eigenvalue weighted by atomic mass is 9.98. The zero-order valence-corrected chi connectivity index (χ0v) is 29.9. The highest BCUT2D eigenvalue weighted by atomic mass is 79.9. The van der Waals surface area contributed by atoms with Gasteiger partial charge in [0.15, 0.2) is 5.96 Å². The van der Waals surface area contributed by atoms with Crippen molar-refractivity contribution in [3.63, 3.8) is 0 Å². The zero-order valence-electron chi connectivity index (χ0n) is 27.3. The Bertz CT molecular complexity index is 2270. The van der Waals surface area contributed by atoms with Gasteiger partial charge in [0, 0.05) is 30.8 Å². The fourth-order valence-corrected chi connectivity index (χ4v) is 6.65. The van der Waals surface area contributed by atoms with Gasteiger partial charge in [0.05, 0.1) is 29.4 Å². The number of pyridine rings is 1. The summed E-state index contributed by atoms with van der Waals surface area (Å²) in [5, 5.41) is 8.79. The fourth-order valence-electron chi connectivity index (χ4n) is 6.14. The van der Waals surface area contributed by atoms with Gasteiger partial charge in [-0.1, -0.05) is 42.5 Å². The molecule has 1 saturated heterocycles. The Morgan fingerprint density at radius 3 is 2.37 bits per heavy atom. The number of nitrogens with one attached hydrogen (secondary N) is 1. The number of aromatic nitrogens is 2. The number of halogens is 3. The Hall–Kier alpha value is -5.11. The smallest absolute Gasteiger partial charge is 0.238 e. The van der Waals surface area contributed by atoms with Crippen LogP contribution in [-0.4, -0.2) is 41.8 Å². The predicted octanol–water partition coefficient (Wildman–Crippen LogP) is 7.43. The average molecular weight is 774 g/mol. The lowest BCUT2D eigenvalue weighted by Crippen LogP contribution is -2.40. The first-order chi connectivity index (χ1) is 24.2. The minimum absolute atomic E-state index is 0. The summed E-state index contributed by atoms with van der Waals surface area (Å²) in [5.74, 6) is 1.57. The van der Waals surface area contributed by atoms with E-state index in [4.69, 9.17) is 19.9 Å². The van der Waals surface area contributed by atoms with E-state index in [0.29, 0.717) is 35.1 Å². The first-order valence-electron chi connectivity index (χ1n) is 16.1. The highest BCUT2D eigenvalue weighted by Crippen LogP contribution is 2.32. The molecule has 0 saturated carbocycles. The van der Waals surface area contributed by atoms with Gasteiger partial charge in [-0.2, -0.15) is 0 Å². The Morgan fingerprint density at radius 2 is 1.63 bits per heavy atom. The first kappa shape index (κ1) is 35.7. The quantitative estimate of drug-likeness (QED) is 0.117. The van der Waals surface area contributed by atoms with E-state index in [-0.39, 0.29) is 46.7 Å². The summed E-state index contributed by atoms with van der Waals surface area (Å²) in [6.07, 6.45) is 2.26. The van der Waals surface area contributed by atoms with Gasteiger partial charge in [-0.05, 0) is 90.3 Å². The molecule has 1 fully saturated rings. The Balaban J connectivity index is 0.00000448. The second-order valence-electron chi connectivity index (χ2n) is 12.1. The standard InChI is InChI=1S/C38H34F2N6O3S.BrH/c39-30-13-11-27(12-14-30)37-35(46-25-31(40)15-18-36(46)44-37)23-43-38(42-22-26-9-16-34(17-10-26)50(41,47)48)45-20-19-29(24-45)28-5-4-8-33(21-28)49-32-6-2-1-3-7-32;/h1-18,21,25,29H,19-20,22-24H2,(H,42,43)(H2,41,47,48);1H. The van der Waals surface area contributed by atoms with Crippen LogP contribution in [0.1, 0.15) is 29.2 Å². The number of guanidine groups is 1. The number of imidazole rings is 1. The predicted molar refractivity (Wildman–Crippen MR) is 199 cm³/mol. The van der Waals surface area contributed by atoms with Crippen molar-refractivity contribution in [1.82, 2.24) is 19.6 Å². The molecule has 1 aliphatic heterocycles. The highest BCUT2D eigenvalue weighted by Gasteiger charge is 2.27. The molecule has 13 heteroatoms. The number of ether oxygens (including phenoxy) is 1.